The van der Waals surface area contributed by atoms with Crippen molar-refractivity contribution in [3.05, 3.63) is 53.8 Å². The van der Waals surface area contributed by atoms with Crippen molar-refractivity contribution in [2.75, 3.05) is 16.4 Å². The standard InChI is InChI=1S/C24H28FN5O3S/c1-6-30-21(17-10-8-7-9-15(17)2)28-29-22(30)34-14-20(31)26-19-13-16(25)11-12-18(19)27-23(32)33-24(3,4)5/h7-13H,6,14H2,1-5H3,(H,26,31)(H,27,32). The Labute approximate surface area is 202 Å². The Morgan fingerprint density at radius 3 is 2.50 bits per heavy atom. The first-order valence-electron chi connectivity index (χ1n) is 10.8. The summed E-state index contributed by atoms with van der Waals surface area (Å²) in [5, 5.41) is 14.4. The maximum absolute atomic E-state index is 13.8. The third-order valence-electron chi connectivity index (χ3n) is 4.64. The fraction of sp³-hybridized carbons (Fsp3) is 0.333. The lowest BCUT2D eigenvalue weighted by Gasteiger charge is -2.20. The second-order valence-corrected chi connectivity index (χ2v) is 9.46. The highest BCUT2D eigenvalue weighted by atomic mass is 32.2. The van der Waals surface area contributed by atoms with Gasteiger partial charge in [0.05, 0.1) is 17.1 Å². The predicted octanol–water partition coefficient (Wildman–Crippen LogP) is 5.49. The Morgan fingerprint density at radius 1 is 1.09 bits per heavy atom. The molecule has 1 aromatic heterocycles. The molecule has 8 nitrogen and oxygen atoms in total. The number of amides is 2. The Hall–Kier alpha value is -3.40. The Kier molecular flexibility index (Phi) is 7.93. The molecule has 0 spiro atoms. The summed E-state index contributed by atoms with van der Waals surface area (Å²) < 4.78 is 21.0. The zero-order chi connectivity index (χ0) is 24.9. The zero-order valence-corrected chi connectivity index (χ0v) is 20.6. The van der Waals surface area contributed by atoms with Crippen LogP contribution in [0.15, 0.2) is 47.6 Å². The number of nitrogens with zero attached hydrogens (tertiary/aromatic N) is 3. The van der Waals surface area contributed by atoms with E-state index in [0.29, 0.717) is 11.7 Å². The van der Waals surface area contributed by atoms with Crippen molar-refractivity contribution in [3.63, 3.8) is 0 Å². The van der Waals surface area contributed by atoms with Gasteiger partial charge in [-0.15, -0.1) is 10.2 Å². The average Bonchev–Trinajstić information content (AvgIpc) is 3.16. The van der Waals surface area contributed by atoms with Gasteiger partial charge in [-0.05, 0) is 58.4 Å². The van der Waals surface area contributed by atoms with E-state index in [2.05, 4.69) is 20.8 Å². The number of halogens is 1. The van der Waals surface area contributed by atoms with Crippen LogP contribution in [0.4, 0.5) is 20.6 Å². The minimum atomic E-state index is -0.705. The maximum atomic E-state index is 13.8. The van der Waals surface area contributed by atoms with E-state index in [-0.39, 0.29) is 23.0 Å². The van der Waals surface area contributed by atoms with Crippen LogP contribution in [-0.2, 0) is 16.1 Å². The van der Waals surface area contributed by atoms with Crippen LogP contribution in [0, 0.1) is 12.7 Å². The number of aromatic nitrogens is 3. The van der Waals surface area contributed by atoms with Crippen LogP contribution in [0.1, 0.15) is 33.3 Å². The van der Waals surface area contributed by atoms with E-state index in [0.717, 1.165) is 23.0 Å². The number of hydrogen-bond donors (Lipinski definition) is 2. The molecule has 1 heterocycles. The van der Waals surface area contributed by atoms with E-state index in [1.54, 1.807) is 20.8 Å². The van der Waals surface area contributed by atoms with Gasteiger partial charge in [0.2, 0.25) is 5.91 Å². The van der Waals surface area contributed by atoms with Crippen LogP contribution >= 0.6 is 11.8 Å². The van der Waals surface area contributed by atoms with Gasteiger partial charge in [-0.1, -0.05) is 36.0 Å². The van der Waals surface area contributed by atoms with Crippen molar-refractivity contribution in [1.29, 1.82) is 0 Å². The minimum absolute atomic E-state index is 0.0221. The van der Waals surface area contributed by atoms with Crippen molar-refractivity contribution in [2.24, 2.45) is 0 Å². The largest absolute Gasteiger partial charge is 0.444 e. The molecule has 3 rings (SSSR count). The van der Waals surface area contributed by atoms with Gasteiger partial charge in [-0.2, -0.15) is 0 Å². The summed E-state index contributed by atoms with van der Waals surface area (Å²) in [5.74, 6) is -0.177. The first-order chi connectivity index (χ1) is 16.1. The van der Waals surface area contributed by atoms with Gasteiger partial charge in [0, 0.05) is 12.1 Å². The molecule has 2 amide bonds. The highest BCUT2D eigenvalue weighted by molar-refractivity contribution is 7.99. The molecule has 0 radical (unpaired) electrons. The molecule has 0 aliphatic heterocycles. The summed E-state index contributed by atoms with van der Waals surface area (Å²) in [6.07, 6.45) is -0.705. The van der Waals surface area contributed by atoms with E-state index in [4.69, 9.17) is 4.74 Å². The van der Waals surface area contributed by atoms with Crippen molar-refractivity contribution in [1.82, 2.24) is 14.8 Å². The molecule has 2 aromatic carbocycles. The number of rotatable bonds is 7. The Bertz CT molecular complexity index is 1190. The molecule has 180 valence electrons. The molecule has 0 saturated carbocycles. The number of benzene rings is 2. The van der Waals surface area contributed by atoms with Crippen LogP contribution < -0.4 is 10.6 Å². The van der Waals surface area contributed by atoms with Crippen LogP contribution in [0.5, 0.6) is 0 Å². The van der Waals surface area contributed by atoms with Crippen LogP contribution in [0.25, 0.3) is 11.4 Å². The number of nitrogens with one attached hydrogen (secondary N) is 2. The molecule has 3 aromatic rings. The molecule has 0 saturated heterocycles. The summed E-state index contributed by atoms with van der Waals surface area (Å²) in [5.41, 5.74) is 1.72. The molecule has 2 N–H and O–H groups in total. The molecule has 34 heavy (non-hydrogen) atoms. The fourth-order valence-electron chi connectivity index (χ4n) is 3.16. The number of ether oxygens (including phenoxy) is 1. The number of thioether (sulfide) groups is 1. The molecule has 0 aliphatic carbocycles. The Morgan fingerprint density at radius 2 is 1.82 bits per heavy atom. The monoisotopic (exact) mass is 485 g/mol. The third kappa shape index (κ3) is 6.57. The molecule has 0 bridgehead atoms. The molecular formula is C24H28FN5O3S. The number of hydrogen-bond acceptors (Lipinski definition) is 6. The second kappa shape index (κ2) is 10.7. The van der Waals surface area contributed by atoms with Gasteiger partial charge in [0.25, 0.3) is 0 Å². The lowest BCUT2D eigenvalue weighted by molar-refractivity contribution is -0.113. The van der Waals surface area contributed by atoms with Gasteiger partial charge in [-0.3, -0.25) is 10.1 Å². The first-order valence-corrected chi connectivity index (χ1v) is 11.8. The van der Waals surface area contributed by atoms with Crippen molar-refractivity contribution >= 4 is 35.1 Å². The first kappa shape index (κ1) is 25.2. The lowest BCUT2D eigenvalue weighted by Crippen LogP contribution is -2.27. The van der Waals surface area contributed by atoms with E-state index >= 15 is 0 Å². The Balaban J connectivity index is 1.70. The third-order valence-corrected chi connectivity index (χ3v) is 5.61. The van der Waals surface area contributed by atoms with E-state index in [1.165, 1.54) is 23.9 Å². The number of aryl methyl sites for hydroxylation is 1. The minimum Gasteiger partial charge on any atom is -0.444 e. The van der Waals surface area contributed by atoms with E-state index in [9.17, 15) is 14.0 Å². The smallest absolute Gasteiger partial charge is 0.412 e. The highest BCUT2D eigenvalue weighted by Gasteiger charge is 2.19. The van der Waals surface area contributed by atoms with Gasteiger partial charge < -0.3 is 14.6 Å². The van der Waals surface area contributed by atoms with Crippen LogP contribution in [0.3, 0.4) is 0 Å². The van der Waals surface area contributed by atoms with Crippen molar-refractivity contribution in [3.8, 4) is 11.4 Å². The van der Waals surface area contributed by atoms with E-state index < -0.39 is 17.5 Å². The van der Waals surface area contributed by atoms with Gasteiger partial charge in [0.1, 0.15) is 11.4 Å². The number of carbonyl (C=O) groups is 2. The van der Waals surface area contributed by atoms with Gasteiger partial charge >= 0.3 is 6.09 Å². The molecule has 0 fully saturated rings. The lowest BCUT2D eigenvalue weighted by atomic mass is 10.1. The SMILES string of the molecule is CCn1c(SCC(=O)Nc2cc(F)ccc2NC(=O)OC(C)(C)C)nnc1-c1ccccc1C. The summed E-state index contributed by atoms with van der Waals surface area (Å²) in [6.45, 7) is 9.82. The van der Waals surface area contributed by atoms with Crippen LogP contribution in [0.2, 0.25) is 0 Å². The second-order valence-electron chi connectivity index (χ2n) is 8.52. The molecular weight excluding hydrogens is 457 g/mol. The molecule has 0 unspecified atom stereocenters. The molecule has 0 atom stereocenters. The highest BCUT2D eigenvalue weighted by Crippen LogP contribution is 2.27. The van der Waals surface area contributed by atoms with Gasteiger partial charge in [0.15, 0.2) is 11.0 Å². The predicted molar refractivity (Wildman–Crippen MR) is 131 cm³/mol. The maximum Gasteiger partial charge on any atom is 0.412 e. The van der Waals surface area contributed by atoms with Crippen LogP contribution in [-0.4, -0.2) is 38.1 Å². The number of carbonyl (C=O) groups excluding carboxylic acids is 2. The average molecular weight is 486 g/mol. The van der Waals surface area contributed by atoms with Crippen molar-refractivity contribution in [2.45, 2.75) is 51.9 Å². The topological polar surface area (TPSA) is 98.1 Å². The summed E-state index contributed by atoms with van der Waals surface area (Å²) in [6, 6.07) is 11.6. The summed E-state index contributed by atoms with van der Waals surface area (Å²) in [7, 11) is 0. The summed E-state index contributed by atoms with van der Waals surface area (Å²) in [4.78, 5) is 24.8. The van der Waals surface area contributed by atoms with E-state index in [1.807, 2.05) is 42.7 Å². The van der Waals surface area contributed by atoms with Crippen molar-refractivity contribution < 1.29 is 18.7 Å². The quantitative estimate of drug-likeness (QED) is 0.430. The van der Waals surface area contributed by atoms with Gasteiger partial charge in [-0.25, -0.2) is 9.18 Å². The molecule has 0 aliphatic rings. The number of anilines is 2. The summed E-state index contributed by atoms with van der Waals surface area (Å²) >= 11 is 1.22. The normalized spacial score (nSPS) is 11.2. The molecule has 10 heteroatoms. The fourth-order valence-corrected chi connectivity index (χ4v) is 3.96. The zero-order valence-electron chi connectivity index (χ0n) is 19.8.